The average molecular weight is 457 g/mol. The van der Waals surface area contributed by atoms with Crippen LogP contribution in [0.4, 0.5) is 17.1 Å². The van der Waals surface area contributed by atoms with Gasteiger partial charge in [0.2, 0.25) is 0 Å². The highest BCUT2D eigenvalue weighted by Crippen LogP contribution is 2.48. The summed E-state index contributed by atoms with van der Waals surface area (Å²) in [6, 6.07) is 21.8. The van der Waals surface area contributed by atoms with E-state index in [9.17, 15) is 4.79 Å². The Morgan fingerprint density at radius 3 is 2.48 bits per heavy atom. The number of ketones is 1. The Balaban J connectivity index is 1.72. The Labute approximate surface area is 200 Å². The fourth-order valence-electron chi connectivity index (χ4n) is 4.95. The molecule has 2 N–H and O–H groups in total. The van der Waals surface area contributed by atoms with E-state index in [4.69, 9.17) is 12.2 Å². The third-order valence-corrected chi connectivity index (χ3v) is 6.71. The average Bonchev–Trinajstić information content (AvgIpc) is 3.12. The molecule has 0 saturated heterocycles. The molecule has 0 unspecified atom stereocenters. The van der Waals surface area contributed by atoms with Gasteiger partial charge in [0.05, 0.1) is 11.4 Å². The van der Waals surface area contributed by atoms with Crippen LogP contribution >= 0.6 is 12.2 Å². The minimum absolute atomic E-state index is 0.103. The Bertz CT molecular complexity index is 1260. The van der Waals surface area contributed by atoms with Crippen molar-refractivity contribution in [2.75, 3.05) is 15.5 Å². The van der Waals surface area contributed by atoms with Gasteiger partial charge in [-0.1, -0.05) is 44.2 Å². The lowest BCUT2D eigenvalue weighted by Gasteiger charge is -2.38. The summed E-state index contributed by atoms with van der Waals surface area (Å²) in [5, 5.41) is 7.58. The van der Waals surface area contributed by atoms with E-state index in [1.807, 2.05) is 61.8 Å². The summed E-state index contributed by atoms with van der Waals surface area (Å²) in [5.41, 5.74) is 5.50. The van der Waals surface area contributed by atoms with Gasteiger partial charge < -0.3 is 20.1 Å². The number of benzene rings is 2. The van der Waals surface area contributed by atoms with Crippen LogP contribution in [0.25, 0.3) is 0 Å². The molecule has 2 heterocycles. The van der Waals surface area contributed by atoms with Crippen molar-refractivity contribution in [1.29, 1.82) is 0 Å². The molecular weight excluding hydrogens is 428 g/mol. The highest BCUT2D eigenvalue weighted by molar-refractivity contribution is 7.80. The molecule has 1 aliphatic heterocycles. The second kappa shape index (κ2) is 8.19. The first-order chi connectivity index (χ1) is 15.8. The number of para-hydroxylation sites is 3. The number of aryl methyl sites for hydroxylation is 1. The number of anilines is 3. The van der Waals surface area contributed by atoms with E-state index >= 15 is 0 Å². The number of nitrogens with zero attached hydrogens (tertiary/aromatic N) is 2. The van der Waals surface area contributed by atoms with Crippen molar-refractivity contribution in [3.8, 4) is 0 Å². The molecule has 0 spiro atoms. The molecule has 1 atom stereocenters. The van der Waals surface area contributed by atoms with Gasteiger partial charge in [-0.05, 0) is 60.5 Å². The van der Waals surface area contributed by atoms with Crippen molar-refractivity contribution in [1.82, 2.24) is 4.57 Å². The molecule has 0 saturated carbocycles. The van der Waals surface area contributed by atoms with Crippen LogP contribution in [0.5, 0.6) is 0 Å². The number of rotatable bonds is 2. The number of carbonyl (C=O) groups excluding carboxylic acids is 1. The van der Waals surface area contributed by atoms with Gasteiger partial charge in [0.1, 0.15) is 6.04 Å². The number of aromatic nitrogens is 1. The molecule has 0 radical (unpaired) electrons. The topological polar surface area (TPSA) is 49.3 Å². The third kappa shape index (κ3) is 3.95. The van der Waals surface area contributed by atoms with Gasteiger partial charge >= 0.3 is 0 Å². The maximum Gasteiger partial charge on any atom is 0.178 e. The lowest BCUT2D eigenvalue weighted by molar-refractivity contribution is -0.118. The van der Waals surface area contributed by atoms with Crippen LogP contribution in [0.15, 0.2) is 84.2 Å². The second-order valence-corrected chi connectivity index (χ2v) is 9.97. The van der Waals surface area contributed by atoms with Gasteiger partial charge in [0.25, 0.3) is 0 Å². The number of hydrogen-bond donors (Lipinski definition) is 2. The van der Waals surface area contributed by atoms with Crippen LogP contribution in [0.1, 0.15) is 38.4 Å². The lowest BCUT2D eigenvalue weighted by Crippen LogP contribution is -2.42. The smallest absolute Gasteiger partial charge is 0.178 e. The van der Waals surface area contributed by atoms with Crippen molar-refractivity contribution in [2.24, 2.45) is 12.5 Å². The van der Waals surface area contributed by atoms with E-state index in [0.29, 0.717) is 11.5 Å². The largest absolute Gasteiger partial charge is 0.357 e. The zero-order chi connectivity index (χ0) is 23.2. The molecule has 168 valence electrons. The standard InChI is InChI=1S/C27H28N4OS/c1-27(2)16-20-24(23(32)17-27)25(22-14-9-15-30(22)3)31(21-13-8-7-12-19(21)29-20)26(33)28-18-10-5-4-6-11-18/h4-15,25,29H,16-17H2,1-3H3,(H,28,33)/t25-/m0/s1. The molecule has 5 rings (SSSR count). The van der Waals surface area contributed by atoms with Gasteiger partial charge in [-0.2, -0.15) is 0 Å². The fourth-order valence-corrected chi connectivity index (χ4v) is 5.28. The molecule has 1 aromatic heterocycles. The van der Waals surface area contributed by atoms with Gasteiger partial charge in [-0.3, -0.25) is 4.79 Å². The van der Waals surface area contributed by atoms with Crippen molar-refractivity contribution < 1.29 is 4.79 Å². The second-order valence-electron chi connectivity index (χ2n) is 9.59. The summed E-state index contributed by atoms with van der Waals surface area (Å²) in [7, 11) is 2.02. The number of Topliss-reactive ketones (excluding diaryl/α,β-unsaturated/α-hetero) is 1. The van der Waals surface area contributed by atoms with E-state index in [1.165, 1.54) is 0 Å². The van der Waals surface area contributed by atoms with Crippen molar-refractivity contribution in [2.45, 2.75) is 32.7 Å². The normalized spacial score (nSPS) is 19.3. The van der Waals surface area contributed by atoms with Gasteiger partial charge in [0.15, 0.2) is 10.9 Å². The number of fused-ring (bicyclic) bond motifs is 1. The molecule has 0 bridgehead atoms. The first-order valence-corrected chi connectivity index (χ1v) is 11.6. The Kier molecular flexibility index (Phi) is 5.33. The molecule has 0 amide bonds. The zero-order valence-electron chi connectivity index (χ0n) is 19.1. The Morgan fingerprint density at radius 1 is 1.03 bits per heavy atom. The maximum absolute atomic E-state index is 13.7. The monoisotopic (exact) mass is 456 g/mol. The van der Waals surface area contributed by atoms with Gasteiger partial charge in [-0.15, -0.1) is 0 Å². The Hall–Kier alpha value is -3.38. The van der Waals surface area contributed by atoms with Crippen LogP contribution in [0, 0.1) is 5.41 Å². The van der Waals surface area contributed by atoms with E-state index in [-0.39, 0.29) is 17.2 Å². The van der Waals surface area contributed by atoms with Crippen LogP contribution in [0.2, 0.25) is 0 Å². The van der Waals surface area contributed by atoms with E-state index in [2.05, 4.69) is 52.1 Å². The third-order valence-electron chi connectivity index (χ3n) is 6.41. The number of allylic oxidation sites excluding steroid dienone is 1. The summed E-state index contributed by atoms with van der Waals surface area (Å²) in [4.78, 5) is 15.8. The van der Waals surface area contributed by atoms with Crippen molar-refractivity contribution in [3.63, 3.8) is 0 Å². The highest BCUT2D eigenvalue weighted by atomic mass is 32.1. The van der Waals surface area contributed by atoms with Crippen LogP contribution < -0.4 is 15.5 Å². The van der Waals surface area contributed by atoms with Crippen molar-refractivity contribution >= 4 is 40.2 Å². The predicted octanol–water partition coefficient (Wildman–Crippen LogP) is 6.04. The molecule has 1 aliphatic carbocycles. The van der Waals surface area contributed by atoms with E-state index < -0.39 is 0 Å². The van der Waals surface area contributed by atoms with E-state index in [1.54, 1.807) is 0 Å². The summed E-state index contributed by atoms with van der Waals surface area (Å²) in [6.45, 7) is 4.31. The molecule has 0 fully saturated rings. The van der Waals surface area contributed by atoms with Gasteiger partial charge in [-0.25, -0.2) is 0 Å². The molecule has 6 heteroatoms. The number of hydrogen-bond acceptors (Lipinski definition) is 3. The highest BCUT2D eigenvalue weighted by Gasteiger charge is 2.43. The van der Waals surface area contributed by atoms with Crippen LogP contribution in [-0.4, -0.2) is 15.5 Å². The molecule has 5 nitrogen and oxygen atoms in total. The predicted molar refractivity (Wildman–Crippen MR) is 138 cm³/mol. The first-order valence-electron chi connectivity index (χ1n) is 11.2. The number of nitrogens with one attached hydrogen (secondary N) is 2. The molecular formula is C27H28N4OS. The number of carbonyl (C=O) groups is 1. The maximum atomic E-state index is 13.7. The molecule has 2 aliphatic rings. The van der Waals surface area contributed by atoms with Crippen LogP contribution in [0.3, 0.4) is 0 Å². The lowest BCUT2D eigenvalue weighted by atomic mass is 9.74. The van der Waals surface area contributed by atoms with Gasteiger partial charge in [0, 0.05) is 42.3 Å². The minimum Gasteiger partial charge on any atom is -0.357 e. The molecule has 2 aromatic carbocycles. The van der Waals surface area contributed by atoms with Crippen molar-refractivity contribution in [3.05, 3.63) is 89.9 Å². The quantitative estimate of drug-likeness (QED) is 0.461. The van der Waals surface area contributed by atoms with Crippen LogP contribution in [-0.2, 0) is 11.8 Å². The SMILES string of the molecule is Cn1cccc1[C@H]1C2=C(CC(C)(C)CC2=O)Nc2ccccc2N1C(=S)Nc1ccccc1. The summed E-state index contributed by atoms with van der Waals surface area (Å²) in [6.07, 6.45) is 3.33. The summed E-state index contributed by atoms with van der Waals surface area (Å²) < 4.78 is 2.08. The Morgan fingerprint density at radius 2 is 1.76 bits per heavy atom. The molecule has 33 heavy (non-hydrogen) atoms. The van der Waals surface area contributed by atoms with E-state index in [0.717, 1.165) is 40.4 Å². The molecule has 3 aromatic rings. The summed E-state index contributed by atoms with van der Waals surface area (Å²) >= 11 is 6.01. The first kappa shape index (κ1) is 21.5. The minimum atomic E-state index is -0.344. The summed E-state index contributed by atoms with van der Waals surface area (Å²) in [5.74, 6) is 0.167. The number of thiocarbonyl (C=S) groups is 1. The zero-order valence-corrected chi connectivity index (χ0v) is 19.9. The fraction of sp³-hybridized carbons (Fsp3) is 0.259.